The average molecular weight is 425 g/mol. The van der Waals surface area contributed by atoms with Gasteiger partial charge in [0.15, 0.2) is 0 Å². The molecule has 2 aliphatic rings. The third-order valence-corrected chi connectivity index (χ3v) is 5.67. The summed E-state index contributed by atoms with van der Waals surface area (Å²) in [5.74, 6) is 0.389. The fraction of sp³-hybridized carbons (Fsp3) is 0.435. The fourth-order valence-electron chi connectivity index (χ4n) is 4.21. The van der Waals surface area contributed by atoms with Crippen LogP contribution in [0.4, 0.5) is 5.69 Å². The lowest BCUT2D eigenvalue weighted by Gasteiger charge is -2.37. The number of carbonyl (C=O) groups excluding carboxylic acids is 2. The number of ether oxygens (including phenoxy) is 2. The number of rotatable bonds is 7. The first-order valence-electron chi connectivity index (χ1n) is 10.6. The van der Waals surface area contributed by atoms with Crippen molar-refractivity contribution in [2.75, 3.05) is 18.5 Å². The first-order valence-corrected chi connectivity index (χ1v) is 10.6. The van der Waals surface area contributed by atoms with Crippen LogP contribution >= 0.6 is 0 Å². The van der Waals surface area contributed by atoms with Crippen molar-refractivity contribution in [3.8, 4) is 5.75 Å². The van der Waals surface area contributed by atoms with E-state index in [1.165, 1.54) is 6.20 Å². The van der Waals surface area contributed by atoms with E-state index in [0.29, 0.717) is 30.0 Å². The van der Waals surface area contributed by atoms with Crippen LogP contribution in [0.3, 0.4) is 0 Å². The highest BCUT2D eigenvalue weighted by molar-refractivity contribution is 6.04. The number of nitrogens with one attached hydrogen (secondary N) is 2. The van der Waals surface area contributed by atoms with Crippen molar-refractivity contribution in [3.63, 3.8) is 0 Å². The summed E-state index contributed by atoms with van der Waals surface area (Å²) in [6, 6.07) is 8.93. The molecule has 1 saturated heterocycles. The van der Waals surface area contributed by atoms with Crippen molar-refractivity contribution in [2.24, 2.45) is 0 Å². The van der Waals surface area contributed by atoms with E-state index in [0.717, 1.165) is 12.0 Å². The van der Waals surface area contributed by atoms with E-state index in [4.69, 9.17) is 9.47 Å². The van der Waals surface area contributed by atoms with Gasteiger partial charge >= 0.3 is 0 Å². The van der Waals surface area contributed by atoms with Gasteiger partial charge in [0, 0.05) is 36.1 Å². The van der Waals surface area contributed by atoms with Crippen LogP contribution < -0.4 is 15.4 Å². The zero-order valence-corrected chi connectivity index (χ0v) is 17.4. The van der Waals surface area contributed by atoms with Crippen molar-refractivity contribution < 1.29 is 24.2 Å². The Bertz CT molecular complexity index is 936. The third kappa shape index (κ3) is 4.70. The van der Waals surface area contributed by atoms with Gasteiger partial charge in [-0.2, -0.15) is 0 Å². The molecule has 0 spiro atoms. The summed E-state index contributed by atoms with van der Waals surface area (Å²) in [5.41, 5.74) is 2.08. The summed E-state index contributed by atoms with van der Waals surface area (Å²) in [7, 11) is 0. The highest BCUT2D eigenvalue weighted by atomic mass is 16.6. The van der Waals surface area contributed by atoms with E-state index in [9.17, 15) is 14.7 Å². The molecular formula is C23H27N3O5. The van der Waals surface area contributed by atoms with Crippen LogP contribution in [0.25, 0.3) is 0 Å². The lowest BCUT2D eigenvalue weighted by Crippen LogP contribution is -2.47. The van der Waals surface area contributed by atoms with E-state index in [1.807, 2.05) is 19.1 Å². The Morgan fingerprint density at radius 3 is 2.90 bits per heavy atom. The average Bonchev–Trinajstić information content (AvgIpc) is 3.15. The van der Waals surface area contributed by atoms with Crippen molar-refractivity contribution in [2.45, 2.75) is 50.4 Å². The number of aromatic nitrogens is 1. The van der Waals surface area contributed by atoms with Gasteiger partial charge < -0.3 is 25.2 Å². The molecule has 0 aliphatic carbocycles. The second-order valence-electron chi connectivity index (χ2n) is 7.91. The predicted octanol–water partition coefficient (Wildman–Crippen LogP) is 2.24. The van der Waals surface area contributed by atoms with Gasteiger partial charge in [-0.25, -0.2) is 0 Å². The van der Waals surface area contributed by atoms with E-state index in [2.05, 4.69) is 15.6 Å². The largest absolute Gasteiger partial charge is 0.487 e. The number of hydrogen-bond donors (Lipinski definition) is 3. The first-order chi connectivity index (χ1) is 15.1. The number of benzene rings is 1. The molecule has 0 radical (unpaired) electrons. The molecule has 31 heavy (non-hydrogen) atoms. The zero-order valence-electron chi connectivity index (χ0n) is 17.4. The van der Waals surface area contributed by atoms with Crippen LogP contribution in [0.15, 0.2) is 42.7 Å². The Morgan fingerprint density at radius 2 is 2.16 bits per heavy atom. The van der Waals surface area contributed by atoms with Crippen molar-refractivity contribution >= 4 is 17.5 Å². The maximum atomic E-state index is 12.5. The van der Waals surface area contributed by atoms with E-state index < -0.39 is 6.10 Å². The summed E-state index contributed by atoms with van der Waals surface area (Å²) < 4.78 is 12.0. The minimum absolute atomic E-state index is 0.0277. The summed E-state index contributed by atoms with van der Waals surface area (Å²) in [6.45, 7) is 2.45. The van der Waals surface area contributed by atoms with Gasteiger partial charge in [0.25, 0.3) is 5.91 Å². The van der Waals surface area contributed by atoms with Gasteiger partial charge in [0.05, 0.1) is 24.7 Å². The van der Waals surface area contributed by atoms with E-state index >= 15 is 0 Å². The Morgan fingerprint density at radius 1 is 1.29 bits per heavy atom. The standard InChI is InChI=1S/C23H27N3O5/c1-2-7-25-21(28)11-16-10-18-17-9-15(26-23(29)14-4-3-8-24-12-14)5-6-19(17)31-22(18)20(13-27)30-16/h3-6,8-9,12,16,18,20,22,27H,2,7,10-11,13H2,1H3,(H,25,28)(H,26,29)/t16-,18-,20+,22+/m0/s1. The second kappa shape index (κ2) is 9.45. The molecule has 1 aromatic carbocycles. The molecule has 1 fully saturated rings. The van der Waals surface area contributed by atoms with Gasteiger partial charge in [-0.1, -0.05) is 6.92 Å². The second-order valence-corrected chi connectivity index (χ2v) is 7.91. The molecule has 1 aromatic heterocycles. The zero-order chi connectivity index (χ0) is 21.8. The van der Waals surface area contributed by atoms with Crippen LogP contribution in [-0.4, -0.2) is 53.4 Å². The monoisotopic (exact) mass is 425 g/mol. The lowest BCUT2D eigenvalue weighted by atomic mass is 9.84. The number of aliphatic hydroxyl groups excluding tert-OH is 1. The van der Waals surface area contributed by atoms with Gasteiger partial charge in [-0.3, -0.25) is 14.6 Å². The van der Waals surface area contributed by atoms with Crippen LogP contribution in [-0.2, 0) is 9.53 Å². The first kappa shape index (κ1) is 21.3. The van der Waals surface area contributed by atoms with Crippen molar-refractivity contribution in [3.05, 3.63) is 53.9 Å². The maximum absolute atomic E-state index is 12.5. The fourth-order valence-corrected chi connectivity index (χ4v) is 4.21. The summed E-state index contributed by atoms with van der Waals surface area (Å²) >= 11 is 0. The Labute approximate surface area is 181 Å². The molecule has 3 heterocycles. The highest BCUT2D eigenvalue weighted by Gasteiger charge is 2.46. The predicted molar refractivity (Wildman–Crippen MR) is 114 cm³/mol. The Kier molecular flexibility index (Phi) is 6.48. The number of amides is 2. The molecular weight excluding hydrogens is 398 g/mol. The number of hydrogen-bond acceptors (Lipinski definition) is 6. The molecule has 0 unspecified atom stereocenters. The molecule has 4 rings (SSSR count). The maximum Gasteiger partial charge on any atom is 0.257 e. The molecule has 2 aliphatic heterocycles. The number of fused-ring (bicyclic) bond motifs is 3. The topological polar surface area (TPSA) is 110 Å². The molecule has 164 valence electrons. The normalized spacial score (nSPS) is 23.9. The summed E-state index contributed by atoms with van der Waals surface area (Å²) in [5, 5.41) is 15.6. The van der Waals surface area contributed by atoms with E-state index in [-0.39, 0.29) is 43.0 Å². The molecule has 8 nitrogen and oxygen atoms in total. The van der Waals surface area contributed by atoms with Gasteiger partial charge in [-0.05, 0) is 43.2 Å². The minimum Gasteiger partial charge on any atom is -0.487 e. The summed E-state index contributed by atoms with van der Waals surface area (Å²) in [4.78, 5) is 28.6. The van der Waals surface area contributed by atoms with Crippen LogP contribution in [0.1, 0.15) is 48.0 Å². The minimum atomic E-state index is -0.511. The Balaban J connectivity index is 1.50. The molecule has 8 heteroatoms. The van der Waals surface area contributed by atoms with E-state index in [1.54, 1.807) is 24.4 Å². The Hall–Kier alpha value is -2.97. The van der Waals surface area contributed by atoms with Gasteiger partial charge in [0.2, 0.25) is 5.91 Å². The molecule has 4 atom stereocenters. The molecule has 3 N–H and O–H groups in total. The number of aliphatic hydroxyl groups is 1. The van der Waals surface area contributed by atoms with Crippen LogP contribution in [0, 0.1) is 0 Å². The van der Waals surface area contributed by atoms with Gasteiger partial charge in [-0.15, -0.1) is 0 Å². The van der Waals surface area contributed by atoms with Gasteiger partial charge in [0.1, 0.15) is 18.0 Å². The summed E-state index contributed by atoms with van der Waals surface area (Å²) in [6.07, 6.45) is 3.71. The smallest absolute Gasteiger partial charge is 0.257 e. The molecule has 2 aromatic rings. The lowest BCUT2D eigenvalue weighted by molar-refractivity contribution is -0.142. The van der Waals surface area contributed by atoms with Crippen LogP contribution in [0.5, 0.6) is 5.75 Å². The highest BCUT2D eigenvalue weighted by Crippen LogP contribution is 2.47. The molecule has 2 amide bonds. The SMILES string of the molecule is CCCNC(=O)C[C@@H]1C[C@H]2c3cc(NC(=O)c4cccnc4)ccc3O[C@H]2[C@@H](CO)O1. The number of carbonyl (C=O) groups is 2. The van der Waals surface area contributed by atoms with Crippen LogP contribution in [0.2, 0.25) is 0 Å². The molecule has 0 saturated carbocycles. The number of nitrogens with zero attached hydrogens (tertiary/aromatic N) is 1. The number of pyridine rings is 1. The van der Waals surface area contributed by atoms with Crippen molar-refractivity contribution in [1.29, 1.82) is 0 Å². The number of anilines is 1. The van der Waals surface area contributed by atoms with Crippen molar-refractivity contribution in [1.82, 2.24) is 10.3 Å². The quantitative estimate of drug-likeness (QED) is 0.628. The molecule has 0 bridgehead atoms. The third-order valence-electron chi connectivity index (χ3n) is 5.67.